The van der Waals surface area contributed by atoms with Gasteiger partial charge >= 0.3 is 5.76 Å². The van der Waals surface area contributed by atoms with E-state index in [4.69, 9.17) is 9.56 Å². The molecule has 1 heterocycles. The Kier molecular flexibility index (Phi) is 3.93. The fraction of sp³-hybridized carbons (Fsp3) is 0.133. The van der Waals surface area contributed by atoms with Crippen molar-refractivity contribution >= 4 is 26.8 Å². The van der Waals surface area contributed by atoms with E-state index in [1.54, 1.807) is 6.92 Å². The lowest BCUT2D eigenvalue weighted by molar-refractivity contribution is -0.384. The first-order valence-corrected chi connectivity index (χ1v) is 8.65. The third-order valence-corrected chi connectivity index (χ3v) is 4.80. The highest BCUT2D eigenvalue weighted by Gasteiger charge is 2.19. The minimum Gasteiger partial charge on any atom is -0.408 e. The summed E-state index contributed by atoms with van der Waals surface area (Å²) in [5, 5.41) is 15.9. The summed E-state index contributed by atoms with van der Waals surface area (Å²) in [7, 11) is -3.94. The van der Waals surface area contributed by atoms with E-state index in [0.29, 0.717) is 5.56 Å². The van der Waals surface area contributed by atoms with Crippen molar-refractivity contribution in [2.24, 2.45) is 5.14 Å². The molecule has 0 amide bonds. The Bertz CT molecular complexity index is 1130. The van der Waals surface area contributed by atoms with Crippen LogP contribution in [0.2, 0.25) is 0 Å². The van der Waals surface area contributed by atoms with E-state index in [2.05, 4.69) is 0 Å². The first kappa shape index (κ1) is 16.9. The van der Waals surface area contributed by atoms with Gasteiger partial charge in [-0.2, -0.15) is 0 Å². The number of hydrogen-bond donors (Lipinski definition) is 1. The Morgan fingerprint density at radius 2 is 1.84 bits per heavy atom. The molecule has 0 saturated heterocycles. The Morgan fingerprint density at radius 3 is 2.40 bits per heavy atom. The van der Waals surface area contributed by atoms with E-state index in [0.717, 1.165) is 0 Å². The molecule has 2 aromatic carbocycles. The average Bonchev–Trinajstić information content (AvgIpc) is 2.88. The lowest BCUT2D eigenvalue weighted by atomic mass is 10.1. The first-order chi connectivity index (χ1) is 11.7. The van der Waals surface area contributed by atoms with Crippen LogP contribution in [0.1, 0.15) is 18.5 Å². The van der Waals surface area contributed by atoms with E-state index >= 15 is 0 Å². The molecule has 2 N–H and O–H groups in total. The van der Waals surface area contributed by atoms with E-state index in [1.807, 2.05) is 0 Å². The maximum absolute atomic E-state index is 12.2. The van der Waals surface area contributed by atoms with E-state index < -0.39 is 26.7 Å². The molecule has 1 atom stereocenters. The third kappa shape index (κ3) is 3.04. The van der Waals surface area contributed by atoms with Crippen LogP contribution < -0.4 is 10.9 Å². The molecular weight excluding hydrogens is 350 g/mol. The monoisotopic (exact) mass is 363 g/mol. The van der Waals surface area contributed by atoms with Crippen LogP contribution in [0.3, 0.4) is 0 Å². The largest absolute Gasteiger partial charge is 0.420 e. The standard InChI is InChI=1S/C15H13N3O6S/c1-9(10-2-4-11(5-3-10)18(20)21)17-13-8-12(25(16,22)23)6-7-14(13)24-15(17)19/h2-9H,1H3,(H2,16,22,23)/t9-/m0/s1. The molecule has 9 nitrogen and oxygen atoms in total. The summed E-state index contributed by atoms with van der Waals surface area (Å²) in [6.07, 6.45) is 0. The number of aromatic nitrogens is 1. The maximum atomic E-state index is 12.2. The van der Waals surface area contributed by atoms with Gasteiger partial charge in [0.15, 0.2) is 5.58 Å². The molecule has 0 saturated carbocycles. The number of nitrogens with zero attached hydrogens (tertiary/aromatic N) is 2. The number of rotatable bonds is 4. The quantitative estimate of drug-likeness (QED) is 0.553. The summed E-state index contributed by atoms with van der Waals surface area (Å²) in [5.74, 6) is -0.674. The number of non-ortho nitro benzene ring substituents is 1. The van der Waals surface area contributed by atoms with Gasteiger partial charge in [0.05, 0.1) is 21.4 Å². The van der Waals surface area contributed by atoms with Crippen molar-refractivity contribution in [3.8, 4) is 0 Å². The average molecular weight is 363 g/mol. The molecule has 0 radical (unpaired) electrons. The van der Waals surface area contributed by atoms with Gasteiger partial charge in [0, 0.05) is 12.1 Å². The number of sulfonamides is 1. The highest BCUT2D eigenvalue weighted by molar-refractivity contribution is 7.89. The van der Waals surface area contributed by atoms with Crippen LogP contribution in [0.25, 0.3) is 11.1 Å². The van der Waals surface area contributed by atoms with Crippen molar-refractivity contribution in [1.29, 1.82) is 0 Å². The lowest BCUT2D eigenvalue weighted by Gasteiger charge is -2.13. The smallest absolute Gasteiger partial charge is 0.408 e. The molecule has 1 aromatic heterocycles. The molecule has 0 fully saturated rings. The molecule has 0 aliphatic heterocycles. The minimum atomic E-state index is -3.94. The van der Waals surface area contributed by atoms with E-state index in [9.17, 15) is 23.3 Å². The number of nitrogens with two attached hydrogens (primary N) is 1. The van der Waals surface area contributed by atoms with Crippen molar-refractivity contribution in [2.45, 2.75) is 17.9 Å². The molecule has 0 aliphatic rings. The van der Waals surface area contributed by atoms with Gasteiger partial charge in [-0.25, -0.2) is 18.4 Å². The van der Waals surface area contributed by atoms with Crippen LogP contribution in [-0.4, -0.2) is 17.9 Å². The summed E-state index contributed by atoms with van der Waals surface area (Å²) >= 11 is 0. The highest BCUT2D eigenvalue weighted by atomic mass is 32.2. The van der Waals surface area contributed by atoms with Gasteiger partial charge in [-0.3, -0.25) is 14.7 Å². The predicted octanol–water partition coefficient (Wildman–Crippen LogP) is 1.76. The van der Waals surface area contributed by atoms with Crippen molar-refractivity contribution < 1.29 is 17.8 Å². The minimum absolute atomic E-state index is 0.0724. The van der Waals surface area contributed by atoms with Crippen LogP contribution in [-0.2, 0) is 10.0 Å². The number of nitro groups is 1. The summed E-state index contributed by atoms with van der Waals surface area (Å²) < 4.78 is 29.5. The molecule has 0 bridgehead atoms. The first-order valence-electron chi connectivity index (χ1n) is 7.11. The summed E-state index contributed by atoms with van der Waals surface area (Å²) in [6, 6.07) is 9.04. The van der Waals surface area contributed by atoms with Gasteiger partial charge in [0.25, 0.3) is 5.69 Å². The zero-order chi connectivity index (χ0) is 18.4. The number of primary sulfonamides is 1. The van der Waals surface area contributed by atoms with Crippen molar-refractivity contribution in [3.63, 3.8) is 0 Å². The maximum Gasteiger partial charge on any atom is 0.420 e. The zero-order valence-corrected chi connectivity index (χ0v) is 13.8. The molecule has 0 spiro atoms. The lowest BCUT2D eigenvalue weighted by Crippen LogP contribution is -2.19. The molecule has 3 rings (SSSR count). The second-order valence-corrected chi connectivity index (χ2v) is 7.00. The summed E-state index contributed by atoms with van der Waals surface area (Å²) in [5.41, 5.74) is 1.03. The predicted molar refractivity (Wildman–Crippen MR) is 88.8 cm³/mol. The molecule has 130 valence electrons. The third-order valence-electron chi connectivity index (χ3n) is 3.89. The number of oxazole rings is 1. The highest BCUT2D eigenvalue weighted by Crippen LogP contribution is 2.25. The fourth-order valence-corrected chi connectivity index (χ4v) is 3.11. The van der Waals surface area contributed by atoms with Gasteiger partial charge in [0.1, 0.15) is 0 Å². The Balaban J connectivity index is 2.15. The Labute approximate surface area is 141 Å². The second kappa shape index (κ2) is 5.83. The molecule has 3 aromatic rings. The van der Waals surface area contributed by atoms with Gasteiger partial charge in [-0.15, -0.1) is 0 Å². The van der Waals surface area contributed by atoms with Gasteiger partial charge in [0.2, 0.25) is 10.0 Å². The van der Waals surface area contributed by atoms with Crippen LogP contribution in [0.5, 0.6) is 0 Å². The molecule has 10 heteroatoms. The van der Waals surface area contributed by atoms with E-state index in [-0.39, 0.29) is 21.7 Å². The van der Waals surface area contributed by atoms with Crippen molar-refractivity contribution in [1.82, 2.24) is 4.57 Å². The van der Waals surface area contributed by atoms with Crippen LogP contribution >= 0.6 is 0 Å². The number of benzene rings is 2. The molecule has 25 heavy (non-hydrogen) atoms. The van der Waals surface area contributed by atoms with Crippen LogP contribution in [0.4, 0.5) is 5.69 Å². The van der Waals surface area contributed by atoms with Crippen LogP contribution in [0, 0.1) is 10.1 Å². The molecule has 0 unspecified atom stereocenters. The summed E-state index contributed by atoms with van der Waals surface area (Å²) in [4.78, 5) is 22.3. The number of fused-ring (bicyclic) bond motifs is 1. The van der Waals surface area contributed by atoms with Gasteiger partial charge < -0.3 is 4.42 Å². The Hall–Kier alpha value is -2.98. The van der Waals surface area contributed by atoms with Crippen molar-refractivity contribution in [2.75, 3.05) is 0 Å². The van der Waals surface area contributed by atoms with Gasteiger partial charge in [-0.1, -0.05) is 12.1 Å². The number of nitro benzene ring substituents is 1. The molecule has 0 aliphatic carbocycles. The Morgan fingerprint density at radius 1 is 1.20 bits per heavy atom. The number of hydrogen-bond acceptors (Lipinski definition) is 6. The fourth-order valence-electron chi connectivity index (χ4n) is 2.58. The van der Waals surface area contributed by atoms with E-state index in [1.165, 1.54) is 47.0 Å². The molecular formula is C15H13N3O6S. The summed E-state index contributed by atoms with van der Waals surface area (Å²) in [6.45, 7) is 1.70. The van der Waals surface area contributed by atoms with Crippen LogP contribution in [0.15, 0.2) is 56.6 Å². The SMILES string of the molecule is C[C@@H](c1ccc([N+](=O)[O-])cc1)n1c(=O)oc2ccc(S(N)(=O)=O)cc21. The van der Waals surface area contributed by atoms with Crippen molar-refractivity contribution in [3.05, 3.63) is 68.7 Å². The second-order valence-electron chi connectivity index (χ2n) is 5.44. The normalized spacial score (nSPS) is 13.0. The van der Waals surface area contributed by atoms with Gasteiger partial charge in [-0.05, 0) is 30.7 Å². The zero-order valence-electron chi connectivity index (χ0n) is 12.9. The topological polar surface area (TPSA) is 138 Å².